The minimum atomic E-state index is -1.88. The number of aliphatic hydroxyl groups is 8. The van der Waals surface area contributed by atoms with Gasteiger partial charge in [-0.1, -0.05) is 0 Å². The lowest BCUT2D eigenvalue weighted by Crippen LogP contribution is -2.61. The van der Waals surface area contributed by atoms with Crippen LogP contribution in [0.3, 0.4) is 0 Å². The zero-order valence-corrected chi connectivity index (χ0v) is 19.5. The van der Waals surface area contributed by atoms with Gasteiger partial charge in [0.05, 0.1) is 24.2 Å². The van der Waals surface area contributed by atoms with Gasteiger partial charge >= 0.3 is 0 Å². The molecule has 1 fully saturated rings. The van der Waals surface area contributed by atoms with E-state index in [2.05, 4.69) is 41.8 Å². The molecule has 4 unspecified atom stereocenters. The van der Waals surface area contributed by atoms with Crippen LogP contribution in [-0.4, -0.2) is 113 Å². The van der Waals surface area contributed by atoms with Crippen molar-refractivity contribution in [2.75, 3.05) is 13.2 Å². The van der Waals surface area contributed by atoms with Gasteiger partial charge in [-0.25, -0.2) is 4.98 Å². The Hall–Kier alpha value is -0.750. The zero-order valence-electron chi connectivity index (χ0n) is 16.4. The maximum absolute atomic E-state index is 10.7. The van der Waals surface area contributed by atoms with E-state index < -0.39 is 68.3 Å². The summed E-state index contributed by atoms with van der Waals surface area (Å²) in [6, 6.07) is 3.36. The summed E-state index contributed by atoms with van der Waals surface area (Å²) in [6.45, 7) is -1.60. The van der Waals surface area contributed by atoms with Crippen LogP contribution < -0.4 is 0 Å². The molecule has 180 valence electrons. The number of benzene rings is 1. The van der Waals surface area contributed by atoms with Crippen molar-refractivity contribution in [3.05, 3.63) is 26.9 Å². The van der Waals surface area contributed by atoms with Crippen LogP contribution in [0.4, 0.5) is 0 Å². The molecule has 9 atom stereocenters. The number of nitrogens with zero attached hydrogens (tertiary/aromatic N) is 1. The molecule has 0 aliphatic carbocycles. The van der Waals surface area contributed by atoms with Crippen LogP contribution >= 0.6 is 31.9 Å². The fourth-order valence-corrected chi connectivity index (χ4v) is 4.02. The van der Waals surface area contributed by atoms with Crippen LogP contribution in [0.25, 0.3) is 11.0 Å². The molecule has 2 heterocycles. The smallest absolute Gasteiger partial charge is 0.187 e. The topological polar surface area (TPSA) is 209 Å². The molecule has 1 aromatic heterocycles. The van der Waals surface area contributed by atoms with Gasteiger partial charge in [-0.3, -0.25) is 0 Å². The van der Waals surface area contributed by atoms with Crippen molar-refractivity contribution < 1.29 is 50.3 Å². The second kappa shape index (κ2) is 10.7. The number of H-pyrrole nitrogens is 1. The zero-order chi connectivity index (χ0) is 23.7. The van der Waals surface area contributed by atoms with Gasteiger partial charge in [0, 0.05) is 8.95 Å². The van der Waals surface area contributed by atoms with E-state index in [0.717, 1.165) is 4.47 Å². The maximum atomic E-state index is 10.7. The summed E-state index contributed by atoms with van der Waals surface area (Å²) in [6.07, 6.45) is -15.3. The minimum Gasteiger partial charge on any atom is -0.394 e. The molecule has 0 spiro atoms. The van der Waals surface area contributed by atoms with Crippen molar-refractivity contribution in [2.24, 2.45) is 0 Å². The molecule has 1 aliphatic rings. The lowest BCUT2D eigenvalue weighted by molar-refractivity contribution is -0.327. The molecular weight excluding hydrogens is 564 g/mol. The largest absolute Gasteiger partial charge is 0.394 e. The monoisotopic (exact) mass is 586 g/mol. The van der Waals surface area contributed by atoms with Crippen LogP contribution in [0, 0.1) is 0 Å². The first-order chi connectivity index (χ1) is 15.1. The predicted molar refractivity (Wildman–Crippen MR) is 114 cm³/mol. The van der Waals surface area contributed by atoms with E-state index in [0.29, 0.717) is 15.5 Å². The second-order valence-electron chi connectivity index (χ2n) is 7.39. The number of hydrogen-bond acceptors (Lipinski definition) is 11. The minimum absolute atomic E-state index is 0.0648. The Labute approximate surface area is 198 Å². The number of rotatable bonds is 8. The van der Waals surface area contributed by atoms with Crippen molar-refractivity contribution in [1.82, 2.24) is 9.97 Å². The van der Waals surface area contributed by atoms with E-state index in [-0.39, 0.29) is 5.82 Å². The van der Waals surface area contributed by atoms with Crippen LogP contribution in [0.5, 0.6) is 0 Å². The average molecular weight is 588 g/mol. The number of aromatic nitrogens is 2. The summed E-state index contributed by atoms with van der Waals surface area (Å²) < 4.78 is 12.0. The van der Waals surface area contributed by atoms with Crippen molar-refractivity contribution in [1.29, 1.82) is 0 Å². The van der Waals surface area contributed by atoms with Gasteiger partial charge < -0.3 is 55.3 Å². The highest BCUT2D eigenvalue weighted by molar-refractivity contribution is 9.13. The predicted octanol–water partition coefficient (Wildman–Crippen LogP) is -1.98. The standard InChI is InChI=1S/C18H24Br2N2O10/c19-5-1-7-8(2-6(5)20)22-17(21-7)14(29)13(28)16(9(25)3-23)32-18-15(30)12(27)11(26)10(4-24)31-18/h1-2,9-16,18,23-30H,3-4H2,(H,21,22)/t9?,10?,11-,12+,13-,14?,15?,16-,18+/m1/s1. The molecule has 1 aromatic carbocycles. The van der Waals surface area contributed by atoms with Crippen LogP contribution in [-0.2, 0) is 9.47 Å². The molecule has 3 rings (SSSR count). The Kier molecular flexibility index (Phi) is 8.62. The molecule has 14 heteroatoms. The lowest BCUT2D eigenvalue weighted by atomic mass is 9.98. The first-order valence-corrected chi connectivity index (χ1v) is 11.1. The molecular formula is C18H24Br2N2O10. The highest BCUT2D eigenvalue weighted by atomic mass is 79.9. The Balaban J connectivity index is 1.83. The number of nitrogens with one attached hydrogen (secondary N) is 1. The summed E-state index contributed by atoms with van der Waals surface area (Å²) >= 11 is 6.68. The number of hydrogen-bond donors (Lipinski definition) is 9. The highest BCUT2D eigenvalue weighted by Gasteiger charge is 2.47. The van der Waals surface area contributed by atoms with E-state index in [4.69, 9.17) is 9.47 Å². The number of halogens is 2. The quantitative estimate of drug-likeness (QED) is 0.165. The molecule has 0 amide bonds. The number of fused-ring (bicyclic) bond motifs is 1. The van der Waals surface area contributed by atoms with E-state index in [1.54, 1.807) is 12.1 Å². The van der Waals surface area contributed by atoms with Crippen molar-refractivity contribution >= 4 is 42.9 Å². The third-order valence-electron chi connectivity index (χ3n) is 5.19. The normalized spacial score (nSPS) is 30.2. The average Bonchev–Trinajstić information content (AvgIpc) is 3.18. The first kappa shape index (κ1) is 25.9. The molecule has 0 bridgehead atoms. The van der Waals surface area contributed by atoms with Gasteiger partial charge in [0.15, 0.2) is 6.29 Å². The fraction of sp³-hybridized carbons (Fsp3) is 0.611. The Morgan fingerprint density at radius 3 is 2.31 bits per heavy atom. The maximum Gasteiger partial charge on any atom is 0.187 e. The van der Waals surface area contributed by atoms with Crippen molar-refractivity contribution in [3.63, 3.8) is 0 Å². The van der Waals surface area contributed by atoms with Crippen LogP contribution in [0.2, 0.25) is 0 Å². The van der Waals surface area contributed by atoms with Crippen molar-refractivity contribution in [2.45, 2.75) is 55.1 Å². The third-order valence-corrected chi connectivity index (χ3v) is 7.03. The summed E-state index contributed by atoms with van der Waals surface area (Å²) in [5, 5.41) is 80.1. The summed E-state index contributed by atoms with van der Waals surface area (Å²) in [5.41, 5.74) is 1.01. The van der Waals surface area contributed by atoms with Gasteiger partial charge in [0.25, 0.3) is 0 Å². The number of imidazole rings is 1. The molecule has 12 nitrogen and oxygen atoms in total. The van der Waals surface area contributed by atoms with E-state index >= 15 is 0 Å². The molecule has 0 radical (unpaired) electrons. The van der Waals surface area contributed by atoms with Gasteiger partial charge in [-0.2, -0.15) is 0 Å². The fourth-order valence-electron chi connectivity index (χ4n) is 3.34. The molecule has 9 N–H and O–H groups in total. The Morgan fingerprint density at radius 1 is 1.03 bits per heavy atom. The molecule has 32 heavy (non-hydrogen) atoms. The van der Waals surface area contributed by atoms with Gasteiger partial charge in [-0.15, -0.1) is 0 Å². The van der Waals surface area contributed by atoms with E-state index in [1.165, 1.54) is 0 Å². The summed E-state index contributed by atoms with van der Waals surface area (Å²) in [5.74, 6) is -0.0648. The van der Waals surface area contributed by atoms with Gasteiger partial charge in [0.2, 0.25) is 0 Å². The number of aliphatic hydroxyl groups excluding tert-OH is 8. The highest BCUT2D eigenvalue weighted by Crippen LogP contribution is 2.31. The molecule has 1 saturated heterocycles. The van der Waals surface area contributed by atoms with E-state index in [1.807, 2.05) is 0 Å². The van der Waals surface area contributed by atoms with Gasteiger partial charge in [0.1, 0.15) is 54.7 Å². The summed E-state index contributed by atoms with van der Waals surface area (Å²) in [4.78, 5) is 7.05. The SMILES string of the molecule is OCC1O[C@@H](O[C@H](C(O)CO)[C@H](O)C(O)c2nc3cc(Br)c(Br)cc3[nH]2)C(O)[C@@H](O)[C@@H]1O. The Bertz CT molecular complexity index is 876. The van der Waals surface area contributed by atoms with Crippen LogP contribution in [0.1, 0.15) is 11.9 Å². The number of ether oxygens (including phenoxy) is 2. The lowest BCUT2D eigenvalue weighted by Gasteiger charge is -2.42. The summed E-state index contributed by atoms with van der Waals surface area (Å²) in [7, 11) is 0. The van der Waals surface area contributed by atoms with Crippen molar-refractivity contribution in [3.8, 4) is 0 Å². The van der Waals surface area contributed by atoms with E-state index in [9.17, 15) is 40.9 Å². The third kappa shape index (κ3) is 5.16. The molecule has 0 saturated carbocycles. The Morgan fingerprint density at radius 2 is 1.69 bits per heavy atom. The van der Waals surface area contributed by atoms with Crippen LogP contribution in [0.15, 0.2) is 21.1 Å². The second-order valence-corrected chi connectivity index (χ2v) is 9.10. The molecule has 1 aliphatic heterocycles. The molecule has 2 aromatic rings. The number of aromatic amines is 1. The first-order valence-electron chi connectivity index (χ1n) is 9.54. The van der Waals surface area contributed by atoms with Gasteiger partial charge in [-0.05, 0) is 44.0 Å².